The molecule has 0 bridgehead atoms. The summed E-state index contributed by atoms with van der Waals surface area (Å²) in [4.78, 5) is 11.7. The summed E-state index contributed by atoms with van der Waals surface area (Å²) in [6.45, 7) is 3.17. The fraction of sp³-hybridized carbons (Fsp3) is 0.500. The lowest BCUT2D eigenvalue weighted by molar-refractivity contribution is -0.122. The zero-order valence-electron chi connectivity index (χ0n) is 10.4. The first kappa shape index (κ1) is 11.4. The van der Waals surface area contributed by atoms with Crippen molar-refractivity contribution >= 4 is 5.91 Å². The van der Waals surface area contributed by atoms with Crippen LogP contribution in [-0.2, 0) is 4.79 Å². The maximum atomic E-state index is 11.7. The normalized spacial score (nSPS) is 19.2. The maximum absolute atomic E-state index is 11.7. The van der Waals surface area contributed by atoms with E-state index in [2.05, 4.69) is 5.32 Å². The van der Waals surface area contributed by atoms with Gasteiger partial charge in [-0.2, -0.15) is 0 Å². The molecule has 0 unspecified atom stereocenters. The zero-order chi connectivity index (χ0) is 12.5. The summed E-state index contributed by atoms with van der Waals surface area (Å²) < 4.78 is 11.0. The molecular formula is C14H17NO3. The Labute approximate surface area is 106 Å². The molecule has 18 heavy (non-hydrogen) atoms. The number of nitrogens with one attached hydrogen (secondary N) is 1. The van der Waals surface area contributed by atoms with Gasteiger partial charge in [0.05, 0.1) is 6.04 Å². The van der Waals surface area contributed by atoms with Crippen LogP contribution in [0.1, 0.15) is 31.4 Å². The molecule has 1 saturated carbocycles. The topological polar surface area (TPSA) is 47.6 Å². The molecule has 96 valence electrons. The van der Waals surface area contributed by atoms with Gasteiger partial charge in [-0.05, 0) is 37.5 Å². The largest absolute Gasteiger partial charge is 0.486 e. The first-order valence-electron chi connectivity index (χ1n) is 6.44. The molecule has 0 saturated heterocycles. The predicted octanol–water partition coefficient (Wildman–Crippen LogP) is 2.04. The zero-order valence-corrected chi connectivity index (χ0v) is 10.4. The monoisotopic (exact) mass is 247 g/mol. The van der Waals surface area contributed by atoms with E-state index in [4.69, 9.17) is 9.47 Å². The van der Waals surface area contributed by atoms with E-state index >= 15 is 0 Å². The van der Waals surface area contributed by atoms with Crippen LogP contribution in [0.4, 0.5) is 0 Å². The molecule has 1 fully saturated rings. The van der Waals surface area contributed by atoms with E-state index in [1.165, 1.54) is 0 Å². The smallest absolute Gasteiger partial charge is 0.223 e. The van der Waals surface area contributed by atoms with Crippen LogP contribution in [0.2, 0.25) is 0 Å². The predicted molar refractivity (Wildman–Crippen MR) is 66.7 cm³/mol. The second-order valence-corrected chi connectivity index (χ2v) is 4.91. The highest BCUT2D eigenvalue weighted by Gasteiger charge is 2.30. The highest BCUT2D eigenvalue weighted by molar-refractivity contribution is 5.81. The minimum absolute atomic E-state index is 0.00827. The molecule has 3 rings (SSSR count). The van der Waals surface area contributed by atoms with Crippen molar-refractivity contribution in [3.05, 3.63) is 23.8 Å². The van der Waals surface area contributed by atoms with Crippen LogP contribution < -0.4 is 14.8 Å². The van der Waals surface area contributed by atoms with E-state index in [1.807, 2.05) is 25.1 Å². The summed E-state index contributed by atoms with van der Waals surface area (Å²) in [5, 5.41) is 3.03. The summed E-state index contributed by atoms with van der Waals surface area (Å²) >= 11 is 0. The Bertz CT molecular complexity index is 468. The van der Waals surface area contributed by atoms with Crippen molar-refractivity contribution in [2.24, 2.45) is 5.92 Å². The number of hydrogen-bond donors (Lipinski definition) is 1. The third kappa shape index (κ3) is 2.28. The Morgan fingerprint density at radius 1 is 1.28 bits per heavy atom. The first-order valence-corrected chi connectivity index (χ1v) is 6.44. The number of ether oxygens (including phenoxy) is 2. The van der Waals surface area contributed by atoms with Crippen LogP contribution in [0.15, 0.2) is 18.2 Å². The standard InChI is InChI=1S/C14H17NO3/c1-9(15-14(16)10-2-3-10)11-4-5-12-13(8-11)18-7-6-17-12/h4-5,8-10H,2-3,6-7H2,1H3,(H,15,16)/t9-/m0/s1. The molecule has 2 aliphatic rings. The Hall–Kier alpha value is -1.71. The number of benzene rings is 1. The lowest BCUT2D eigenvalue weighted by atomic mass is 10.1. The van der Waals surface area contributed by atoms with Gasteiger partial charge in [-0.3, -0.25) is 4.79 Å². The third-order valence-corrected chi connectivity index (χ3v) is 3.37. The van der Waals surface area contributed by atoms with Crippen molar-refractivity contribution in [2.45, 2.75) is 25.8 Å². The van der Waals surface area contributed by atoms with Gasteiger partial charge in [-0.25, -0.2) is 0 Å². The Morgan fingerprint density at radius 3 is 2.72 bits per heavy atom. The number of rotatable bonds is 3. The van der Waals surface area contributed by atoms with Gasteiger partial charge in [0.2, 0.25) is 5.91 Å². The molecule has 1 amide bonds. The fourth-order valence-corrected chi connectivity index (χ4v) is 2.09. The molecular weight excluding hydrogens is 230 g/mol. The maximum Gasteiger partial charge on any atom is 0.223 e. The Kier molecular flexibility index (Phi) is 2.86. The molecule has 1 aromatic rings. The van der Waals surface area contributed by atoms with Gasteiger partial charge in [0.1, 0.15) is 13.2 Å². The molecule has 1 N–H and O–H groups in total. The molecule has 0 aromatic heterocycles. The average molecular weight is 247 g/mol. The van der Waals surface area contributed by atoms with Crippen molar-refractivity contribution in [3.63, 3.8) is 0 Å². The second-order valence-electron chi connectivity index (χ2n) is 4.91. The highest BCUT2D eigenvalue weighted by Crippen LogP contribution is 2.33. The van der Waals surface area contributed by atoms with Crippen molar-refractivity contribution in [2.75, 3.05) is 13.2 Å². The van der Waals surface area contributed by atoms with Crippen LogP contribution in [0, 0.1) is 5.92 Å². The lowest BCUT2D eigenvalue weighted by Gasteiger charge is -2.21. The van der Waals surface area contributed by atoms with Crippen LogP contribution in [0.3, 0.4) is 0 Å². The van der Waals surface area contributed by atoms with Crippen LogP contribution in [-0.4, -0.2) is 19.1 Å². The SMILES string of the molecule is C[C@H](NC(=O)C1CC1)c1ccc2c(c1)OCCO2. The van der Waals surface area contributed by atoms with Crippen molar-refractivity contribution in [1.82, 2.24) is 5.32 Å². The molecule has 0 radical (unpaired) electrons. The quantitative estimate of drug-likeness (QED) is 0.889. The summed E-state index contributed by atoms with van der Waals surface area (Å²) in [5.74, 6) is 1.96. The van der Waals surface area contributed by atoms with Gasteiger partial charge in [-0.1, -0.05) is 6.07 Å². The molecule has 1 aliphatic carbocycles. The number of carbonyl (C=O) groups excluding carboxylic acids is 1. The van der Waals surface area contributed by atoms with Gasteiger partial charge >= 0.3 is 0 Å². The molecule has 0 spiro atoms. The fourth-order valence-electron chi connectivity index (χ4n) is 2.09. The van der Waals surface area contributed by atoms with Crippen molar-refractivity contribution < 1.29 is 14.3 Å². The van der Waals surface area contributed by atoms with E-state index < -0.39 is 0 Å². The minimum atomic E-state index is 0.00827. The molecule has 1 atom stereocenters. The summed E-state index contributed by atoms with van der Waals surface area (Å²) in [5.41, 5.74) is 1.05. The number of carbonyl (C=O) groups is 1. The molecule has 1 heterocycles. The number of amides is 1. The summed E-state index contributed by atoms with van der Waals surface area (Å²) in [6, 6.07) is 5.84. The molecule has 1 aliphatic heterocycles. The van der Waals surface area contributed by atoms with E-state index in [0.717, 1.165) is 29.9 Å². The second kappa shape index (κ2) is 4.52. The van der Waals surface area contributed by atoms with Crippen LogP contribution in [0.5, 0.6) is 11.5 Å². The van der Waals surface area contributed by atoms with E-state index in [-0.39, 0.29) is 17.9 Å². The summed E-state index contributed by atoms with van der Waals surface area (Å²) in [6.07, 6.45) is 2.05. The van der Waals surface area contributed by atoms with Crippen molar-refractivity contribution in [3.8, 4) is 11.5 Å². The van der Waals surface area contributed by atoms with Gasteiger partial charge in [-0.15, -0.1) is 0 Å². The van der Waals surface area contributed by atoms with E-state index in [1.54, 1.807) is 0 Å². The van der Waals surface area contributed by atoms with Gasteiger partial charge in [0.25, 0.3) is 0 Å². The highest BCUT2D eigenvalue weighted by atomic mass is 16.6. The third-order valence-electron chi connectivity index (χ3n) is 3.37. The first-order chi connectivity index (χ1) is 8.74. The minimum Gasteiger partial charge on any atom is -0.486 e. The summed E-state index contributed by atoms with van der Waals surface area (Å²) in [7, 11) is 0. The Balaban J connectivity index is 1.72. The van der Waals surface area contributed by atoms with Crippen molar-refractivity contribution in [1.29, 1.82) is 0 Å². The van der Waals surface area contributed by atoms with Crippen LogP contribution >= 0.6 is 0 Å². The van der Waals surface area contributed by atoms with Gasteiger partial charge < -0.3 is 14.8 Å². The van der Waals surface area contributed by atoms with E-state index in [9.17, 15) is 4.79 Å². The molecule has 1 aromatic carbocycles. The van der Waals surface area contributed by atoms with Gasteiger partial charge in [0.15, 0.2) is 11.5 Å². The number of fused-ring (bicyclic) bond motifs is 1. The lowest BCUT2D eigenvalue weighted by Crippen LogP contribution is -2.28. The average Bonchev–Trinajstić information content (AvgIpc) is 3.22. The van der Waals surface area contributed by atoms with Crippen LogP contribution in [0.25, 0.3) is 0 Å². The van der Waals surface area contributed by atoms with Gasteiger partial charge in [0, 0.05) is 5.92 Å². The number of hydrogen-bond acceptors (Lipinski definition) is 3. The molecule has 4 heteroatoms. The van der Waals surface area contributed by atoms with E-state index in [0.29, 0.717) is 13.2 Å². The molecule has 4 nitrogen and oxygen atoms in total. The Morgan fingerprint density at radius 2 is 2.00 bits per heavy atom.